The third-order valence-electron chi connectivity index (χ3n) is 10.0. The van der Waals surface area contributed by atoms with Crippen molar-refractivity contribution >= 4 is 5.91 Å². The first-order valence-electron chi connectivity index (χ1n) is 12.7. The fraction of sp³-hybridized carbons (Fsp3) is 0.593. The second-order valence-electron chi connectivity index (χ2n) is 11.3. The summed E-state index contributed by atoms with van der Waals surface area (Å²) < 4.78 is 12.7. The molecule has 6 atom stereocenters. The van der Waals surface area contributed by atoms with Crippen LogP contribution in [0.3, 0.4) is 0 Å². The van der Waals surface area contributed by atoms with E-state index in [1.807, 2.05) is 17.0 Å². The van der Waals surface area contributed by atoms with E-state index in [2.05, 4.69) is 11.0 Å². The average Bonchev–Trinajstić information content (AvgIpc) is 3.24. The molecule has 3 saturated heterocycles. The van der Waals surface area contributed by atoms with Crippen LogP contribution in [0.1, 0.15) is 53.8 Å². The van der Waals surface area contributed by atoms with Crippen LogP contribution >= 0.6 is 0 Å². The monoisotopic (exact) mass is 446 g/mol. The minimum atomic E-state index is -0.202. The maximum Gasteiger partial charge on any atom is 0.289 e. The number of fused-ring (bicyclic) bond motifs is 1. The molecule has 4 heterocycles. The standard InChI is InChI=1S/C27H30N2O4/c30-18-6-5-17-12-23-27-8-7-20-24(22(33-27)15-29(20)25(31)21-2-1-11-32-21)26(27,19(17)13-18)9-10-28(23)14-16-3-4-16/h1-2,5-6,11,13,16,20,22-24,30H,3-4,7-10,12,14-15H2/t20?,22-,23?,24?,26?,27?/m1/s1. The van der Waals surface area contributed by atoms with Crippen molar-refractivity contribution in [3.63, 3.8) is 0 Å². The molecule has 172 valence electrons. The van der Waals surface area contributed by atoms with Gasteiger partial charge in [-0.1, -0.05) is 6.07 Å². The van der Waals surface area contributed by atoms with Gasteiger partial charge in [-0.3, -0.25) is 9.69 Å². The number of hydrogen-bond donors (Lipinski definition) is 1. The normalized spacial score (nSPS) is 40.5. The number of rotatable bonds is 3. The first kappa shape index (κ1) is 19.0. The largest absolute Gasteiger partial charge is 0.508 e. The van der Waals surface area contributed by atoms with E-state index in [0.717, 1.165) is 38.1 Å². The van der Waals surface area contributed by atoms with E-state index >= 15 is 0 Å². The van der Waals surface area contributed by atoms with Gasteiger partial charge in [-0.2, -0.15) is 0 Å². The first-order chi connectivity index (χ1) is 16.1. The molecule has 1 aromatic carbocycles. The zero-order valence-electron chi connectivity index (χ0n) is 18.8. The van der Waals surface area contributed by atoms with E-state index in [1.165, 1.54) is 30.5 Å². The van der Waals surface area contributed by atoms with Crippen LogP contribution in [0.15, 0.2) is 41.0 Å². The van der Waals surface area contributed by atoms with Crippen LogP contribution in [0.5, 0.6) is 5.75 Å². The average molecular weight is 447 g/mol. The number of carbonyl (C=O) groups excluding carboxylic acids is 1. The second-order valence-corrected chi connectivity index (χ2v) is 11.3. The molecule has 2 saturated carbocycles. The Bertz CT molecular complexity index is 1140. The van der Waals surface area contributed by atoms with Crippen molar-refractivity contribution in [3.05, 3.63) is 53.5 Å². The molecule has 6 nitrogen and oxygen atoms in total. The fourth-order valence-corrected chi connectivity index (χ4v) is 8.80. The molecule has 2 aromatic rings. The van der Waals surface area contributed by atoms with E-state index in [4.69, 9.17) is 9.15 Å². The Labute approximate surface area is 193 Å². The molecule has 1 N–H and O–H groups in total. The molecule has 0 radical (unpaired) electrons. The molecular formula is C27H30N2O4. The molecule has 1 aromatic heterocycles. The Balaban J connectivity index is 1.27. The number of phenols is 1. The quantitative estimate of drug-likeness (QED) is 0.784. The summed E-state index contributed by atoms with van der Waals surface area (Å²) in [6, 6.07) is 10.1. The minimum absolute atomic E-state index is 0.0124. The molecule has 6 aliphatic rings. The number of piperidine rings is 1. The molecular weight excluding hydrogens is 416 g/mol. The lowest BCUT2D eigenvalue weighted by molar-refractivity contribution is -0.171. The van der Waals surface area contributed by atoms with Crippen LogP contribution in [0, 0.1) is 11.8 Å². The van der Waals surface area contributed by atoms with Crippen LogP contribution < -0.4 is 0 Å². The highest BCUT2D eigenvalue weighted by molar-refractivity contribution is 5.92. The fourth-order valence-electron chi connectivity index (χ4n) is 8.80. The molecule has 5 fully saturated rings. The number of phenolic OH excluding ortho intramolecular Hbond substituents is 1. The number of ether oxygens (including phenoxy) is 1. The lowest BCUT2D eigenvalue weighted by atomic mass is 9.46. The molecule has 1 amide bonds. The van der Waals surface area contributed by atoms with Crippen LogP contribution in [-0.2, 0) is 16.6 Å². The van der Waals surface area contributed by atoms with Gasteiger partial charge in [0, 0.05) is 36.5 Å². The highest BCUT2D eigenvalue weighted by Crippen LogP contribution is 2.69. The number of likely N-dealkylation sites (tertiary alicyclic amines) is 2. The van der Waals surface area contributed by atoms with Crippen molar-refractivity contribution in [2.75, 3.05) is 19.6 Å². The lowest BCUT2D eigenvalue weighted by Crippen LogP contribution is -2.74. The van der Waals surface area contributed by atoms with Crippen LogP contribution in [0.4, 0.5) is 0 Å². The summed E-state index contributed by atoms with van der Waals surface area (Å²) in [5.41, 5.74) is 2.34. The van der Waals surface area contributed by atoms with E-state index in [-0.39, 0.29) is 35.0 Å². The summed E-state index contributed by atoms with van der Waals surface area (Å²) in [6.45, 7) is 2.92. The summed E-state index contributed by atoms with van der Waals surface area (Å²) in [7, 11) is 0. The molecule has 33 heavy (non-hydrogen) atoms. The number of furan rings is 1. The van der Waals surface area contributed by atoms with Crippen molar-refractivity contribution in [2.45, 2.75) is 67.7 Å². The van der Waals surface area contributed by atoms with Gasteiger partial charge in [0.2, 0.25) is 0 Å². The molecule has 6 heteroatoms. The summed E-state index contributed by atoms with van der Waals surface area (Å²) in [4.78, 5) is 18.1. The van der Waals surface area contributed by atoms with Crippen molar-refractivity contribution in [1.29, 1.82) is 0 Å². The minimum Gasteiger partial charge on any atom is -0.508 e. The second kappa shape index (κ2) is 6.22. The Kier molecular flexibility index (Phi) is 3.59. The molecule has 0 spiro atoms. The van der Waals surface area contributed by atoms with Crippen molar-refractivity contribution in [1.82, 2.24) is 9.80 Å². The first-order valence-corrected chi connectivity index (χ1v) is 12.7. The Morgan fingerprint density at radius 2 is 2.09 bits per heavy atom. The zero-order chi connectivity index (χ0) is 21.9. The third kappa shape index (κ3) is 2.25. The predicted molar refractivity (Wildman–Crippen MR) is 120 cm³/mol. The predicted octanol–water partition coefficient (Wildman–Crippen LogP) is 3.34. The van der Waals surface area contributed by atoms with E-state index in [9.17, 15) is 9.90 Å². The molecule has 3 aliphatic carbocycles. The SMILES string of the molecule is O=C(c1ccco1)N1C[C@H]2OC34CCC1C2C31CCN(CC2CC2)C4Cc2ccc(O)cc21. The van der Waals surface area contributed by atoms with Crippen molar-refractivity contribution < 1.29 is 19.1 Å². The number of benzene rings is 1. The van der Waals surface area contributed by atoms with Crippen LogP contribution in [0.25, 0.3) is 0 Å². The number of carbonyl (C=O) groups is 1. The van der Waals surface area contributed by atoms with E-state index in [0.29, 0.717) is 24.1 Å². The highest BCUT2D eigenvalue weighted by Gasteiger charge is 2.78. The number of aromatic hydroxyl groups is 1. The summed E-state index contributed by atoms with van der Waals surface area (Å²) in [5, 5.41) is 10.5. The third-order valence-corrected chi connectivity index (χ3v) is 10.0. The van der Waals surface area contributed by atoms with Gasteiger partial charge < -0.3 is 19.2 Å². The maximum absolute atomic E-state index is 13.4. The van der Waals surface area contributed by atoms with Gasteiger partial charge in [0.25, 0.3) is 5.91 Å². The molecule has 4 bridgehead atoms. The maximum atomic E-state index is 13.4. The summed E-state index contributed by atoms with van der Waals surface area (Å²) in [6.07, 6.45) is 8.37. The lowest BCUT2D eigenvalue weighted by Gasteiger charge is -2.64. The molecule has 3 aliphatic heterocycles. The van der Waals surface area contributed by atoms with Crippen LogP contribution in [0.2, 0.25) is 0 Å². The van der Waals surface area contributed by atoms with E-state index < -0.39 is 0 Å². The van der Waals surface area contributed by atoms with Crippen LogP contribution in [-0.4, -0.2) is 64.2 Å². The highest BCUT2D eigenvalue weighted by atomic mass is 16.5. The Hall–Kier alpha value is -2.31. The van der Waals surface area contributed by atoms with Gasteiger partial charge in [0.1, 0.15) is 5.75 Å². The van der Waals surface area contributed by atoms with E-state index in [1.54, 1.807) is 18.4 Å². The molecule has 8 rings (SSSR count). The number of nitrogens with zero attached hydrogens (tertiary/aromatic N) is 2. The van der Waals surface area contributed by atoms with Crippen molar-refractivity contribution in [2.24, 2.45) is 11.8 Å². The Morgan fingerprint density at radius 3 is 2.91 bits per heavy atom. The van der Waals surface area contributed by atoms with Crippen molar-refractivity contribution in [3.8, 4) is 5.75 Å². The topological polar surface area (TPSA) is 66.2 Å². The van der Waals surface area contributed by atoms with Gasteiger partial charge in [0.15, 0.2) is 5.76 Å². The number of hydrogen-bond acceptors (Lipinski definition) is 5. The summed E-state index contributed by atoms with van der Waals surface area (Å²) in [5.74, 6) is 1.88. The summed E-state index contributed by atoms with van der Waals surface area (Å²) >= 11 is 0. The van der Waals surface area contributed by atoms with Gasteiger partial charge in [-0.25, -0.2) is 0 Å². The Morgan fingerprint density at radius 1 is 1.18 bits per heavy atom. The van der Waals surface area contributed by atoms with Gasteiger partial charge in [-0.05, 0) is 86.4 Å². The van der Waals surface area contributed by atoms with Gasteiger partial charge in [-0.15, -0.1) is 0 Å². The van der Waals surface area contributed by atoms with Gasteiger partial charge >= 0.3 is 0 Å². The zero-order valence-corrected chi connectivity index (χ0v) is 18.8. The smallest absolute Gasteiger partial charge is 0.289 e. The van der Waals surface area contributed by atoms with Gasteiger partial charge in [0.05, 0.1) is 18.0 Å². The number of amides is 1. The molecule has 5 unspecified atom stereocenters.